The van der Waals surface area contributed by atoms with Crippen LogP contribution in [0.1, 0.15) is 44.4 Å². The van der Waals surface area contributed by atoms with Crippen molar-refractivity contribution in [2.45, 2.75) is 51.0 Å². The van der Waals surface area contributed by atoms with Gasteiger partial charge in [-0.1, -0.05) is 19.9 Å². The van der Waals surface area contributed by atoms with Crippen molar-refractivity contribution in [3.8, 4) is 0 Å². The highest BCUT2D eigenvalue weighted by Gasteiger charge is 2.47. The lowest BCUT2D eigenvalue weighted by molar-refractivity contribution is 0.100. The summed E-state index contributed by atoms with van der Waals surface area (Å²) in [5, 5.41) is 5.99. The van der Waals surface area contributed by atoms with E-state index >= 15 is 0 Å². The molecule has 0 radical (unpaired) electrons. The first-order valence-electron chi connectivity index (χ1n) is 6.97. The Morgan fingerprint density at radius 2 is 2.18 bits per heavy atom. The van der Waals surface area contributed by atoms with Gasteiger partial charge in [-0.25, -0.2) is 0 Å². The summed E-state index contributed by atoms with van der Waals surface area (Å²) < 4.78 is 0. The summed E-state index contributed by atoms with van der Waals surface area (Å²) in [5.74, 6) is 1.79. The highest BCUT2D eigenvalue weighted by molar-refractivity contribution is 7.10. The third-order valence-electron chi connectivity index (χ3n) is 4.60. The monoisotopic (exact) mass is 249 g/mol. The van der Waals surface area contributed by atoms with E-state index in [9.17, 15) is 0 Å². The lowest BCUT2D eigenvalue weighted by Gasteiger charge is -2.49. The number of thiophene rings is 1. The molecule has 0 aliphatic heterocycles. The summed E-state index contributed by atoms with van der Waals surface area (Å²) in [6.07, 6.45) is 5.58. The molecule has 1 nitrogen and oxygen atoms in total. The Bertz CT molecular complexity index is 353. The van der Waals surface area contributed by atoms with Crippen molar-refractivity contribution in [3.05, 3.63) is 22.4 Å². The zero-order valence-electron chi connectivity index (χ0n) is 10.9. The van der Waals surface area contributed by atoms with Crippen LogP contribution in [0.25, 0.3) is 0 Å². The second-order valence-corrected chi connectivity index (χ2v) is 7.27. The fourth-order valence-corrected chi connectivity index (χ4v) is 4.01. The van der Waals surface area contributed by atoms with E-state index in [-0.39, 0.29) is 0 Å². The first-order valence-corrected chi connectivity index (χ1v) is 7.85. The molecule has 0 aromatic carbocycles. The minimum atomic E-state index is 0.478. The zero-order valence-corrected chi connectivity index (χ0v) is 11.7. The van der Waals surface area contributed by atoms with Gasteiger partial charge in [0.1, 0.15) is 0 Å². The highest BCUT2D eigenvalue weighted by atomic mass is 32.1. The lowest BCUT2D eigenvalue weighted by atomic mass is 9.58. The molecule has 2 aliphatic rings. The number of nitrogens with one attached hydrogen (secondary N) is 1. The molecular weight excluding hydrogens is 226 g/mol. The van der Waals surface area contributed by atoms with Crippen LogP contribution in [0.3, 0.4) is 0 Å². The van der Waals surface area contributed by atoms with Gasteiger partial charge in [-0.05, 0) is 49.0 Å². The fraction of sp³-hybridized carbons (Fsp3) is 0.733. The predicted molar refractivity (Wildman–Crippen MR) is 74.6 cm³/mol. The molecular formula is C15H23NS. The van der Waals surface area contributed by atoms with E-state index < -0.39 is 0 Å². The van der Waals surface area contributed by atoms with Gasteiger partial charge in [0.15, 0.2) is 0 Å². The van der Waals surface area contributed by atoms with Crippen LogP contribution < -0.4 is 5.32 Å². The van der Waals surface area contributed by atoms with Gasteiger partial charge >= 0.3 is 0 Å². The molecule has 2 heteroatoms. The molecule has 3 rings (SSSR count). The van der Waals surface area contributed by atoms with Gasteiger partial charge < -0.3 is 5.32 Å². The molecule has 0 amide bonds. The van der Waals surface area contributed by atoms with Crippen molar-refractivity contribution in [1.29, 1.82) is 0 Å². The van der Waals surface area contributed by atoms with E-state index in [1.165, 1.54) is 32.2 Å². The van der Waals surface area contributed by atoms with Crippen LogP contribution in [-0.2, 0) is 5.41 Å². The molecule has 0 saturated heterocycles. The molecule has 0 atom stereocenters. The van der Waals surface area contributed by atoms with Crippen molar-refractivity contribution in [3.63, 3.8) is 0 Å². The summed E-state index contributed by atoms with van der Waals surface area (Å²) in [4.78, 5) is 1.61. The smallest absolute Gasteiger partial charge is 0.0177 e. The third-order valence-corrected chi connectivity index (χ3v) is 5.72. The van der Waals surface area contributed by atoms with Crippen molar-refractivity contribution in [2.75, 3.05) is 6.54 Å². The van der Waals surface area contributed by atoms with Gasteiger partial charge in [0.05, 0.1) is 0 Å². The van der Waals surface area contributed by atoms with E-state index in [4.69, 9.17) is 0 Å². The van der Waals surface area contributed by atoms with Crippen LogP contribution >= 0.6 is 11.3 Å². The largest absolute Gasteiger partial charge is 0.313 e. The minimum absolute atomic E-state index is 0.478. The fourth-order valence-electron chi connectivity index (χ4n) is 3.06. The second-order valence-electron chi connectivity index (χ2n) is 6.33. The maximum atomic E-state index is 3.75. The summed E-state index contributed by atoms with van der Waals surface area (Å²) >= 11 is 1.95. The summed E-state index contributed by atoms with van der Waals surface area (Å²) in [5.41, 5.74) is 0.478. The zero-order chi connectivity index (χ0) is 11.9. The van der Waals surface area contributed by atoms with Crippen LogP contribution in [0.5, 0.6) is 0 Å². The molecule has 1 aromatic heterocycles. The lowest BCUT2D eigenvalue weighted by Crippen LogP contribution is -2.50. The SMILES string of the molecule is CC(C)C1CC(CNC2CC2)(c2cccs2)C1. The predicted octanol–water partition coefficient (Wildman–Crippen LogP) is 3.80. The molecule has 1 heterocycles. The summed E-state index contributed by atoms with van der Waals surface area (Å²) in [7, 11) is 0. The molecule has 1 aromatic rings. The molecule has 2 saturated carbocycles. The van der Waals surface area contributed by atoms with Crippen molar-refractivity contribution >= 4 is 11.3 Å². The van der Waals surface area contributed by atoms with Crippen LogP contribution in [-0.4, -0.2) is 12.6 Å². The summed E-state index contributed by atoms with van der Waals surface area (Å²) in [6, 6.07) is 5.39. The number of rotatable bonds is 5. The van der Waals surface area contributed by atoms with Crippen LogP contribution in [0.15, 0.2) is 17.5 Å². The average molecular weight is 249 g/mol. The number of hydrogen-bond donors (Lipinski definition) is 1. The highest BCUT2D eigenvalue weighted by Crippen LogP contribution is 2.51. The van der Waals surface area contributed by atoms with Crippen molar-refractivity contribution < 1.29 is 0 Å². The Labute approximate surface area is 109 Å². The molecule has 94 valence electrons. The van der Waals surface area contributed by atoms with E-state index in [0.717, 1.165) is 17.9 Å². The maximum Gasteiger partial charge on any atom is 0.0177 e. The van der Waals surface area contributed by atoms with Gasteiger partial charge in [0, 0.05) is 22.9 Å². The normalized spacial score (nSPS) is 32.8. The molecule has 2 aliphatic carbocycles. The van der Waals surface area contributed by atoms with E-state index in [1.807, 2.05) is 11.3 Å². The molecule has 0 unspecified atom stereocenters. The minimum Gasteiger partial charge on any atom is -0.313 e. The Balaban J connectivity index is 1.68. The Morgan fingerprint density at radius 3 is 2.71 bits per heavy atom. The van der Waals surface area contributed by atoms with Crippen molar-refractivity contribution in [1.82, 2.24) is 5.32 Å². The van der Waals surface area contributed by atoms with E-state index in [2.05, 4.69) is 36.7 Å². The van der Waals surface area contributed by atoms with Gasteiger partial charge in [-0.2, -0.15) is 0 Å². The summed E-state index contributed by atoms with van der Waals surface area (Å²) in [6.45, 7) is 5.95. The third kappa shape index (κ3) is 2.30. The Kier molecular flexibility index (Phi) is 3.04. The Morgan fingerprint density at radius 1 is 1.41 bits per heavy atom. The maximum absolute atomic E-state index is 3.75. The topological polar surface area (TPSA) is 12.0 Å². The Hall–Kier alpha value is -0.340. The first-order chi connectivity index (χ1) is 8.20. The van der Waals surface area contributed by atoms with Crippen LogP contribution in [0.4, 0.5) is 0 Å². The van der Waals surface area contributed by atoms with Gasteiger partial charge in [0.25, 0.3) is 0 Å². The molecule has 0 spiro atoms. The van der Waals surface area contributed by atoms with Gasteiger partial charge in [-0.3, -0.25) is 0 Å². The van der Waals surface area contributed by atoms with E-state index in [1.54, 1.807) is 4.88 Å². The standard InChI is InChI=1S/C15H23NS/c1-11(2)12-8-15(9-12,10-16-13-5-6-13)14-4-3-7-17-14/h3-4,7,11-13,16H,5-6,8-10H2,1-2H3. The van der Waals surface area contributed by atoms with Gasteiger partial charge in [-0.15, -0.1) is 11.3 Å². The molecule has 1 N–H and O–H groups in total. The number of hydrogen-bond acceptors (Lipinski definition) is 2. The van der Waals surface area contributed by atoms with Crippen LogP contribution in [0, 0.1) is 11.8 Å². The van der Waals surface area contributed by atoms with E-state index in [0.29, 0.717) is 5.41 Å². The molecule has 17 heavy (non-hydrogen) atoms. The quantitative estimate of drug-likeness (QED) is 0.837. The average Bonchev–Trinajstić information content (AvgIpc) is 2.90. The van der Waals surface area contributed by atoms with Crippen molar-refractivity contribution in [2.24, 2.45) is 11.8 Å². The second kappa shape index (κ2) is 4.40. The molecule has 2 fully saturated rings. The first kappa shape index (κ1) is 11.7. The molecule has 0 bridgehead atoms. The van der Waals surface area contributed by atoms with Crippen LogP contribution in [0.2, 0.25) is 0 Å². The van der Waals surface area contributed by atoms with Gasteiger partial charge in [0.2, 0.25) is 0 Å².